The average Bonchev–Trinajstić information content (AvgIpc) is 0.777. The van der Waals surface area contributed by atoms with Crippen LogP contribution in [0.1, 0.15) is 95.6 Å². The maximum Gasteiger partial charge on any atom is 0.407 e. The number of thiazole rings is 1. The van der Waals surface area contributed by atoms with Crippen molar-refractivity contribution in [2.24, 2.45) is 22.0 Å². The molecule has 4 bridgehead atoms. The second-order valence-corrected chi connectivity index (χ2v) is 24.3. The molecule has 84 heavy (non-hydrogen) atoms. The average molecular weight is 1170 g/mol. The maximum absolute atomic E-state index is 13.8. The largest absolute Gasteiger partial charge is 0.503 e. The summed E-state index contributed by atoms with van der Waals surface area (Å²) in [6.07, 6.45) is 5.14. The molecule has 2 amide bonds. The van der Waals surface area contributed by atoms with Crippen molar-refractivity contribution >= 4 is 56.4 Å². The van der Waals surface area contributed by atoms with E-state index in [4.69, 9.17) is 44.2 Å². The number of para-hydroxylation sites is 1. The van der Waals surface area contributed by atoms with E-state index in [0.29, 0.717) is 66.8 Å². The zero-order chi connectivity index (χ0) is 59.1. The normalized spacial score (nSPS) is 23.3. The summed E-state index contributed by atoms with van der Waals surface area (Å²) in [6, 6.07) is 21.5. The number of aliphatic hydroxyl groups is 3. The number of pyridine rings is 1. The molecule has 9 N–H and O–H groups in total. The molecule has 5 atom stereocenters. The third-order valence-electron chi connectivity index (χ3n) is 16.5. The second kappa shape index (κ2) is 23.0. The number of fused-ring (bicyclic) bond motifs is 2. The van der Waals surface area contributed by atoms with Gasteiger partial charge in [-0.25, -0.2) is 24.4 Å². The number of hydrogen-bond acceptors (Lipinski definition) is 19. The summed E-state index contributed by atoms with van der Waals surface area (Å²) in [4.78, 5) is 63.2. The van der Waals surface area contributed by atoms with Crippen LogP contribution < -0.4 is 30.7 Å². The molecule has 5 heterocycles. The van der Waals surface area contributed by atoms with Gasteiger partial charge in [0.15, 0.2) is 10.8 Å². The number of nitrogens with two attached hydrogens (primary N) is 1. The van der Waals surface area contributed by atoms with Gasteiger partial charge in [0.05, 0.1) is 41.8 Å². The zero-order valence-electron chi connectivity index (χ0n) is 46.6. The molecule has 23 nitrogen and oxygen atoms in total. The van der Waals surface area contributed by atoms with Gasteiger partial charge in [-0.05, 0) is 122 Å². The molecule has 12 rings (SSSR count). The number of nitrogens with zero attached hydrogens (tertiary/aromatic N) is 5. The van der Waals surface area contributed by atoms with Crippen molar-refractivity contribution in [3.05, 3.63) is 136 Å². The molecule has 0 saturated heterocycles. The molecule has 0 radical (unpaired) electrons. The summed E-state index contributed by atoms with van der Waals surface area (Å²) < 4.78 is 37.5. The Bertz CT molecular complexity index is 3580. The summed E-state index contributed by atoms with van der Waals surface area (Å²) in [5, 5.41) is 62.2. The van der Waals surface area contributed by atoms with Crippen LogP contribution >= 0.6 is 11.3 Å². The topological polar surface area (TPSA) is 322 Å². The van der Waals surface area contributed by atoms with Crippen LogP contribution in [0.25, 0.3) is 21.3 Å². The van der Waals surface area contributed by atoms with E-state index in [9.17, 15) is 44.7 Å². The number of ether oxygens (including phenoxy) is 6. The Balaban J connectivity index is 0.732. The quantitative estimate of drug-likeness (QED) is 0.0295. The summed E-state index contributed by atoms with van der Waals surface area (Å²) >= 11 is 1.41. The first-order valence-corrected chi connectivity index (χ1v) is 28.6. The van der Waals surface area contributed by atoms with E-state index in [1.807, 2.05) is 59.0 Å². The number of nitrogens with one attached hydrogen (secondary N) is 2. The highest BCUT2D eigenvalue weighted by atomic mass is 32.1. The third-order valence-corrected chi connectivity index (χ3v) is 17.4. The fourth-order valence-electron chi connectivity index (χ4n) is 14.2. The lowest BCUT2D eigenvalue weighted by molar-refractivity contribution is -0.247. The number of alkyl carbamates (subject to hydrolysis) is 1. The van der Waals surface area contributed by atoms with E-state index in [2.05, 4.69) is 29.5 Å². The monoisotopic (exact) mass is 1170 g/mol. The maximum atomic E-state index is 13.8. The molecule has 442 valence electrons. The smallest absolute Gasteiger partial charge is 0.407 e. The van der Waals surface area contributed by atoms with Crippen molar-refractivity contribution in [3.8, 4) is 22.6 Å². The molecule has 6 aliphatic rings. The Labute approximate surface area is 486 Å². The van der Waals surface area contributed by atoms with Crippen LogP contribution in [0.3, 0.4) is 0 Å². The first kappa shape index (κ1) is 57.4. The molecule has 3 aromatic heterocycles. The number of rotatable bonds is 22. The SMILES string of the molecule is Cc1c(-c2ccc(N3CCc4cccc(C(=O)Nc5nc6ccccc6s5)c4C3)nc2C(=O)O)cnn1CC12CC3(C)C[C@@](C)(C1)C[C@@](OCCNC(=O)OCc1ccc(OCCOCCN)cc1O[C@H]1OC(C(=O)O)=C(O)C(O)=C1O)(C3)C2. The Morgan fingerprint density at radius 2 is 1.65 bits per heavy atom. The Hall–Kier alpha value is -8.45. The summed E-state index contributed by atoms with van der Waals surface area (Å²) in [5.74, 6) is -6.89. The number of carbonyl (C=O) groups excluding carboxylic acids is 2. The molecule has 2 unspecified atom stereocenters. The van der Waals surface area contributed by atoms with Crippen LogP contribution in [0, 0.1) is 23.2 Å². The summed E-state index contributed by atoms with van der Waals surface area (Å²) in [7, 11) is 0. The van der Waals surface area contributed by atoms with Gasteiger partial charge in [-0.2, -0.15) is 5.10 Å². The van der Waals surface area contributed by atoms with E-state index >= 15 is 0 Å². The molecule has 6 aromatic rings. The lowest BCUT2D eigenvalue weighted by Gasteiger charge is -2.69. The number of aromatic carboxylic acids is 1. The number of carboxylic acid groups (broad SMARTS) is 2. The molecule has 24 heteroatoms. The number of hydrogen-bond donors (Lipinski definition) is 8. The van der Waals surface area contributed by atoms with Crippen molar-refractivity contribution in [3.63, 3.8) is 0 Å². The minimum absolute atomic E-state index is 0.0234. The first-order chi connectivity index (χ1) is 40.2. The van der Waals surface area contributed by atoms with Gasteiger partial charge in [0.2, 0.25) is 17.3 Å². The van der Waals surface area contributed by atoms with Crippen molar-refractivity contribution < 1.29 is 73.1 Å². The molecule has 2 aliphatic heterocycles. The Kier molecular flexibility index (Phi) is 15.7. The lowest BCUT2D eigenvalue weighted by atomic mass is 9.39. The second-order valence-electron chi connectivity index (χ2n) is 23.2. The van der Waals surface area contributed by atoms with Crippen molar-refractivity contribution in [2.45, 2.75) is 97.3 Å². The number of benzene rings is 3. The van der Waals surface area contributed by atoms with E-state index < -0.39 is 53.0 Å². The van der Waals surface area contributed by atoms with Gasteiger partial charge in [-0.1, -0.05) is 49.4 Å². The van der Waals surface area contributed by atoms with Gasteiger partial charge in [-0.15, -0.1) is 0 Å². The molecule has 3 aromatic carbocycles. The van der Waals surface area contributed by atoms with Gasteiger partial charge >= 0.3 is 24.3 Å². The number of aliphatic hydroxyl groups excluding tert-OH is 3. The number of anilines is 2. The summed E-state index contributed by atoms with van der Waals surface area (Å²) in [5.41, 5.74) is 10.1. The number of amides is 2. The van der Waals surface area contributed by atoms with Gasteiger partial charge in [0.1, 0.15) is 30.5 Å². The third kappa shape index (κ3) is 11.7. The van der Waals surface area contributed by atoms with Crippen molar-refractivity contribution in [1.29, 1.82) is 0 Å². The van der Waals surface area contributed by atoms with Gasteiger partial charge in [0, 0.05) is 66.7 Å². The molecular formula is C60H66N8O15S. The van der Waals surface area contributed by atoms with Crippen LogP contribution in [-0.2, 0) is 49.9 Å². The zero-order valence-corrected chi connectivity index (χ0v) is 47.5. The Morgan fingerprint density at radius 3 is 2.42 bits per heavy atom. The molecule has 0 spiro atoms. The molecule has 4 aliphatic carbocycles. The predicted molar refractivity (Wildman–Crippen MR) is 306 cm³/mol. The minimum Gasteiger partial charge on any atom is -0.503 e. The molecule has 4 saturated carbocycles. The fraction of sp³-hybridized carbons (Fsp3) is 0.417. The number of carbonyl (C=O) groups is 4. The van der Waals surface area contributed by atoms with Crippen molar-refractivity contribution in [2.75, 3.05) is 56.3 Å². The van der Waals surface area contributed by atoms with E-state index in [0.717, 1.165) is 65.6 Å². The van der Waals surface area contributed by atoms with Crippen LogP contribution in [0.2, 0.25) is 0 Å². The van der Waals surface area contributed by atoms with Crippen LogP contribution in [-0.4, -0.2) is 127 Å². The highest BCUT2D eigenvalue weighted by molar-refractivity contribution is 7.22. The lowest BCUT2D eigenvalue weighted by Crippen LogP contribution is -2.64. The van der Waals surface area contributed by atoms with Crippen LogP contribution in [0.4, 0.5) is 15.7 Å². The van der Waals surface area contributed by atoms with Gasteiger partial charge < -0.3 is 69.9 Å². The van der Waals surface area contributed by atoms with Gasteiger partial charge in [0.25, 0.3) is 11.7 Å². The first-order valence-electron chi connectivity index (χ1n) is 27.7. The van der Waals surface area contributed by atoms with Gasteiger partial charge in [-0.3, -0.25) is 14.8 Å². The highest BCUT2D eigenvalue weighted by Crippen LogP contribution is 2.72. The predicted octanol–water partition coefficient (Wildman–Crippen LogP) is 8.71. The fourth-order valence-corrected chi connectivity index (χ4v) is 15.1. The van der Waals surface area contributed by atoms with Crippen LogP contribution in [0.5, 0.6) is 11.5 Å². The van der Waals surface area contributed by atoms with Crippen molar-refractivity contribution in [1.82, 2.24) is 25.1 Å². The number of aliphatic carboxylic acids is 1. The standard InChI is InChI=1S/C60H66N8O15S/c1-34-40(38-13-14-45(65-46(38)52(73)74)67-18-15-35-7-6-8-39(41(35)25-67)51(72)66-55-64-42-9-4-5-10-44(42)84-55)24-63-68(34)33-59-28-57(2)27-58(3,29-59)31-60(30-57,32-59)81-20-17-62-56(77)80-26-36-11-12-37(79-22-21-78-19-16-61)23-43(36)82-54-49(71)47(69)48(70)50(83-54)53(75)76/h4-14,23-24,54,69-71H,15-22,25-33,61H2,1-3H3,(H,62,77)(H,73,74)(H,75,76)(H,64,66,72)/t54-,57-,58?,59?,60+/m0/s1. The minimum atomic E-state index is -1.91. The highest BCUT2D eigenvalue weighted by Gasteiger charge is 2.66. The van der Waals surface area contributed by atoms with E-state index in [1.54, 1.807) is 24.4 Å². The summed E-state index contributed by atoms with van der Waals surface area (Å²) in [6.45, 7) is 9.13. The molecule has 4 fully saturated rings. The Morgan fingerprint density at radius 1 is 0.857 bits per heavy atom. The number of carboxylic acids is 2. The van der Waals surface area contributed by atoms with E-state index in [-0.39, 0.29) is 77.9 Å². The number of aromatic nitrogens is 4. The van der Waals surface area contributed by atoms with E-state index in [1.165, 1.54) is 23.5 Å². The molecular weight excluding hydrogens is 1100 g/mol. The van der Waals surface area contributed by atoms with Crippen LogP contribution in [0.15, 0.2) is 102 Å².